The number of alkyl halides is 3. The van der Waals surface area contributed by atoms with E-state index in [0.717, 1.165) is 5.69 Å². The van der Waals surface area contributed by atoms with Crippen LogP contribution in [0.15, 0.2) is 48.5 Å². The van der Waals surface area contributed by atoms with Gasteiger partial charge in [0.1, 0.15) is 5.75 Å². The molecule has 2 aromatic rings. The molecule has 1 N–H and O–H groups in total. The van der Waals surface area contributed by atoms with Gasteiger partial charge in [0.05, 0.1) is 0 Å². The zero-order valence-electron chi connectivity index (χ0n) is 10.2. The first-order chi connectivity index (χ1) is 9.44. The number of hydrogen-bond donors (Lipinski definition) is 1. The zero-order chi connectivity index (χ0) is 14.6. The highest BCUT2D eigenvalue weighted by atomic mass is 35.5. The number of halogens is 4. The van der Waals surface area contributed by atoms with Crippen LogP contribution in [0.1, 0.15) is 5.56 Å². The van der Waals surface area contributed by atoms with Gasteiger partial charge >= 0.3 is 6.36 Å². The molecule has 0 saturated heterocycles. The number of benzene rings is 2. The summed E-state index contributed by atoms with van der Waals surface area (Å²) in [6.07, 6.45) is -4.70. The van der Waals surface area contributed by atoms with Crippen LogP contribution >= 0.6 is 11.6 Å². The highest BCUT2D eigenvalue weighted by Crippen LogP contribution is 2.27. The maximum Gasteiger partial charge on any atom is 0.573 e. The third-order valence-corrected chi connectivity index (χ3v) is 2.74. The lowest BCUT2D eigenvalue weighted by atomic mass is 10.2. The van der Waals surface area contributed by atoms with Crippen molar-refractivity contribution in [3.05, 3.63) is 59.1 Å². The first-order valence-corrected chi connectivity index (χ1v) is 6.15. The Morgan fingerprint density at radius 3 is 2.50 bits per heavy atom. The van der Waals surface area contributed by atoms with Crippen molar-refractivity contribution in [2.24, 2.45) is 0 Å². The van der Waals surface area contributed by atoms with Crippen molar-refractivity contribution in [1.29, 1.82) is 0 Å². The Morgan fingerprint density at radius 2 is 1.80 bits per heavy atom. The first kappa shape index (κ1) is 14.5. The predicted molar refractivity (Wildman–Crippen MR) is 71.9 cm³/mol. The summed E-state index contributed by atoms with van der Waals surface area (Å²) in [7, 11) is 0. The summed E-state index contributed by atoms with van der Waals surface area (Å²) in [4.78, 5) is 0. The molecular formula is C14H11ClF3NO. The van der Waals surface area contributed by atoms with Gasteiger partial charge in [0, 0.05) is 22.8 Å². The molecule has 0 heterocycles. The van der Waals surface area contributed by atoms with Crippen molar-refractivity contribution < 1.29 is 17.9 Å². The summed E-state index contributed by atoms with van der Waals surface area (Å²) in [5, 5.41) is 3.55. The van der Waals surface area contributed by atoms with E-state index >= 15 is 0 Å². The van der Waals surface area contributed by atoms with Gasteiger partial charge < -0.3 is 10.1 Å². The Bertz CT molecular complexity index is 587. The van der Waals surface area contributed by atoms with Crippen molar-refractivity contribution in [3.63, 3.8) is 0 Å². The van der Waals surface area contributed by atoms with Crippen LogP contribution in [-0.4, -0.2) is 6.36 Å². The maximum absolute atomic E-state index is 12.3. The van der Waals surface area contributed by atoms with Gasteiger partial charge in [-0.2, -0.15) is 0 Å². The zero-order valence-corrected chi connectivity index (χ0v) is 11.0. The Hall–Kier alpha value is -1.88. The molecule has 0 aliphatic carbocycles. The Morgan fingerprint density at radius 1 is 1.05 bits per heavy atom. The fourth-order valence-electron chi connectivity index (χ4n) is 1.67. The molecule has 0 radical (unpaired) electrons. The second-order valence-electron chi connectivity index (χ2n) is 4.02. The summed E-state index contributed by atoms with van der Waals surface area (Å²) < 4.78 is 40.8. The highest BCUT2D eigenvalue weighted by Gasteiger charge is 2.31. The molecule has 6 heteroatoms. The molecule has 106 valence electrons. The molecule has 20 heavy (non-hydrogen) atoms. The predicted octanol–water partition coefficient (Wildman–Crippen LogP) is 4.85. The topological polar surface area (TPSA) is 21.3 Å². The second-order valence-corrected chi connectivity index (χ2v) is 4.46. The molecule has 0 unspecified atom stereocenters. The van der Waals surface area contributed by atoms with E-state index in [4.69, 9.17) is 11.6 Å². The largest absolute Gasteiger partial charge is 0.573 e. The van der Waals surface area contributed by atoms with Gasteiger partial charge in [-0.3, -0.25) is 0 Å². The van der Waals surface area contributed by atoms with Crippen LogP contribution in [0, 0.1) is 0 Å². The number of ether oxygens (including phenoxy) is 1. The third-order valence-electron chi connectivity index (χ3n) is 2.51. The van der Waals surface area contributed by atoms with Gasteiger partial charge in [-0.1, -0.05) is 35.9 Å². The number of nitrogens with one attached hydrogen (secondary N) is 1. The second kappa shape index (κ2) is 6.05. The number of hydrogen-bond acceptors (Lipinski definition) is 2. The molecule has 0 saturated carbocycles. The molecule has 0 spiro atoms. The molecule has 0 aromatic heterocycles. The van der Waals surface area contributed by atoms with Crippen LogP contribution in [0.3, 0.4) is 0 Å². The fourth-order valence-corrected chi connectivity index (χ4v) is 1.86. The number of rotatable bonds is 4. The van der Waals surface area contributed by atoms with Crippen molar-refractivity contribution in [2.75, 3.05) is 5.32 Å². The summed E-state index contributed by atoms with van der Waals surface area (Å²) in [6.45, 7) is 0.201. The van der Waals surface area contributed by atoms with Crippen LogP contribution in [0.4, 0.5) is 18.9 Å². The third kappa shape index (κ3) is 4.35. The molecule has 2 nitrogen and oxygen atoms in total. The van der Waals surface area contributed by atoms with Crippen LogP contribution in [0.5, 0.6) is 5.75 Å². The van der Waals surface area contributed by atoms with E-state index in [-0.39, 0.29) is 12.3 Å². The summed E-state index contributed by atoms with van der Waals surface area (Å²) >= 11 is 5.83. The minimum absolute atomic E-state index is 0.201. The Labute approximate surface area is 119 Å². The Kier molecular flexibility index (Phi) is 4.39. The van der Waals surface area contributed by atoms with E-state index in [9.17, 15) is 13.2 Å². The molecule has 0 aliphatic rings. The van der Waals surface area contributed by atoms with Crippen LogP contribution in [0.2, 0.25) is 5.02 Å². The van der Waals surface area contributed by atoms with Crippen molar-refractivity contribution >= 4 is 17.3 Å². The Balaban J connectivity index is 2.09. The molecule has 2 rings (SSSR count). The monoisotopic (exact) mass is 301 g/mol. The maximum atomic E-state index is 12.3. The molecule has 0 atom stereocenters. The summed E-state index contributed by atoms with van der Waals surface area (Å²) in [5.41, 5.74) is 1.13. The normalized spacial score (nSPS) is 11.2. The lowest BCUT2D eigenvalue weighted by Crippen LogP contribution is -2.18. The van der Waals surface area contributed by atoms with Gasteiger partial charge in [-0.05, 0) is 24.3 Å². The van der Waals surface area contributed by atoms with E-state index in [2.05, 4.69) is 10.1 Å². The van der Waals surface area contributed by atoms with Gasteiger partial charge in [0.25, 0.3) is 0 Å². The minimum atomic E-state index is -4.70. The standard InChI is InChI=1S/C14H11ClF3NO/c15-11-5-3-6-12(8-11)19-9-10-4-1-2-7-13(10)20-14(16,17)18/h1-8,19H,9H2. The first-order valence-electron chi connectivity index (χ1n) is 5.77. The molecule has 2 aromatic carbocycles. The lowest BCUT2D eigenvalue weighted by molar-refractivity contribution is -0.274. The SMILES string of the molecule is FC(F)(F)Oc1ccccc1CNc1cccc(Cl)c1. The van der Waals surface area contributed by atoms with Crippen molar-refractivity contribution in [1.82, 2.24) is 0 Å². The quantitative estimate of drug-likeness (QED) is 0.871. The molecule has 0 aliphatic heterocycles. The number of anilines is 1. The molecule has 0 bridgehead atoms. The molecule has 0 amide bonds. The van der Waals surface area contributed by atoms with E-state index in [1.54, 1.807) is 36.4 Å². The van der Waals surface area contributed by atoms with Crippen LogP contribution in [-0.2, 0) is 6.54 Å². The fraction of sp³-hybridized carbons (Fsp3) is 0.143. The van der Waals surface area contributed by atoms with Gasteiger partial charge in [0.15, 0.2) is 0 Å². The van der Waals surface area contributed by atoms with E-state index in [0.29, 0.717) is 10.6 Å². The number of para-hydroxylation sites is 1. The average molecular weight is 302 g/mol. The van der Waals surface area contributed by atoms with Gasteiger partial charge in [-0.25, -0.2) is 0 Å². The highest BCUT2D eigenvalue weighted by molar-refractivity contribution is 6.30. The van der Waals surface area contributed by atoms with Crippen molar-refractivity contribution in [2.45, 2.75) is 12.9 Å². The van der Waals surface area contributed by atoms with Crippen molar-refractivity contribution in [3.8, 4) is 5.75 Å². The summed E-state index contributed by atoms with van der Waals surface area (Å²) in [6, 6.07) is 12.9. The van der Waals surface area contributed by atoms with E-state index in [1.165, 1.54) is 12.1 Å². The smallest absolute Gasteiger partial charge is 0.405 e. The molecular weight excluding hydrogens is 291 g/mol. The lowest BCUT2D eigenvalue weighted by Gasteiger charge is -2.14. The van der Waals surface area contributed by atoms with E-state index in [1.807, 2.05) is 0 Å². The van der Waals surface area contributed by atoms with Gasteiger partial charge in [0.2, 0.25) is 0 Å². The van der Waals surface area contributed by atoms with Crippen LogP contribution in [0.25, 0.3) is 0 Å². The van der Waals surface area contributed by atoms with E-state index < -0.39 is 6.36 Å². The van der Waals surface area contributed by atoms with Crippen LogP contribution < -0.4 is 10.1 Å². The average Bonchev–Trinajstić information content (AvgIpc) is 2.36. The van der Waals surface area contributed by atoms with Gasteiger partial charge in [-0.15, -0.1) is 13.2 Å². The molecule has 0 fully saturated rings. The minimum Gasteiger partial charge on any atom is -0.405 e. The summed E-state index contributed by atoms with van der Waals surface area (Å²) in [5.74, 6) is -0.213.